The van der Waals surface area contributed by atoms with Crippen molar-refractivity contribution in [1.82, 2.24) is 10.6 Å². The van der Waals surface area contributed by atoms with Crippen molar-refractivity contribution in [3.05, 3.63) is 59.7 Å². The zero-order chi connectivity index (χ0) is 25.5. The van der Waals surface area contributed by atoms with Gasteiger partial charge in [0.15, 0.2) is 0 Å². The van der Waals surface area contributed by atoms with Gasteiger partial charge < -0.3 is 20.5 Å². The van der Waals surface area contributed by atoms with E-state index in [-0.39, 0.29) is 36.7 Å². The summed E-state index contributed by atoms with van der Waals surface area (Å²) in [4.78, 5) is 36.6. The predicted molar refractivity (Wildman–Crippen MR) is 135 cm³/mol. The smallest absolute Gasteiger partial charge is 0.407 e. The molecule has 0 spiro atoms. The Balaban J connectivity index is 1.58. The van der Waals surface area contributed by atoms with Crippen LogP contribution < -0.4 is 10.6 Å². The van der Waals surface area contributed by atoms with Gasteiger partial charge in [-0.2, -0.15) is 0 Å². The van der Waals surface area contributed by atoms with E-state index in [1.807, 2.05) is 45.0 Å². The van der Waals surface area contributed by atoms with Gasteiger partial charge in [-0.25, -0.2) is 4.79 Å². The van der Waals surface area contributed by atoms with Crippen molar-refractivity contribution < 1.29 is 24.2 Å². The number of carboxylic acids is 1. The summed E-state index contributed by atoms with van der Waals surface area (Å²) in [6, 6.07) is 15.8. The first-order valence-corrected chi connectivity index (χ1v) is 12.3. The Kier molecular flexibility index (Phi) is 8.90. The standard InChI is InChI=1S/C28H36N2O5/c1-5-19(14-25(31)32)15-29-27(33)26(17(2)3)18(4)30-28(34)35-16-24-22-12-8-6-10-20(22)21-11-7-9-13-23(21)24/h6-13,17-19,24,26H,5,14-16H2,1-4H3,(H,29,33)(H,30,34)(H,31,32). The highest BCUT2D eigenvalue weighted by Crippen LogP contribution is 2.44. The summed E-state index contributed by atoms with van der Waals surface area (Å²) in [5.74, 6) is -1.74. The Bertz CT molecular complexity index is 1010. The Morgan fingerprint density at radius 1 is 0.971 bits per heavy atom. The Morgan fingerprint density at radius 2 is 1.54 bits per heavy atom. The summed E-state index contributed by atoms with van der Waals surface area (Å²) in [5, 5.41) is 14.7. The van der Waals surface area contributed by atoms with Gasteiger partial charge in [0, 0.05) is 24.9 Å². The SMILES string of the molecule is CCC(CNC(=O)C(C(C)C)C(C)NC(=O)OCC1c2ccccc2-c2ccccc21)CC(=O)O. The van der Waals surface area contributed by atoms with Gasteiger partial charge in [-0.15, -0.1) is 0 Å². The topological polar surface area (TPSA) is 105 Å². The zero-order valence-corrected chi connectivity index (χ0v) is 20.9. The fourth-order valence-electron chi connectivity index (χ4n) is 4.99. The summed E-state index contributed by atoms with van der Waals surface area (Å²) in [6.45, 7) is 8.05. The predicted octanol–water partition coefficient (Wildman–Crippen LogP) is 4.80. The van der Waals surface area contributed by atoms with Crippen LogP contribution in [0.25, 0.3) is 11.1 Å². The summed E-state index contributed by atoms with van der Waals surface area (Å²) in [5.41, 5.74) is 4.60. The zero-order valence-electron chi connectivity index (χ0n) is 20.9. The minimum absolute atomic E-state index is 0.0106. The van der Waals surface area contributed by atoms with E-state index in [2.05, 4.69) is 34.9 Å². The molecule has 0 bridgehead atoms. The van der Waals surface area contributed by atoms with Gasteiger partial charge in [-0.3, -0.25) is 9.59 Å². The second kappa shape index (κ2) is 11.9. The minimum Gasteiger partial charge on any atom is -0.481 e. The Hall–Kier alpha value is -3.35. The summed E-state index contributed by atoms with van der Waals surface area (Å²) in [7, 11) is 0. The third-order valence-corrected chi connectivity index (χ3v) is 6.85. The number of carbonyl (C=O) groups is 3. The maximum atomic E-state index is 12.9. The van der Waals surface area contributed by atoms with E-state index in [0.29, 0.717) is 13.0 Å². The van der Waals surface area contributed by atoms with Gasteiger partial charge in [-0.05, 0) is 41.0 Å². The second-order valence-electron chi connectivity index (χ2n) is 9.65. The van der Waals surface area contributed by atoms with Crippen molar-refractivity contribution in [1.29, 1.82) is 0 Å². The van der Waals surface area contributed by atoms with Crippen molar-refractivity contribution in [2.45, 2.75) is 52.5 Å². The third-order valence-electron chi connectivity index (χ3n) is 6.85. The number of fused-ring (bicyclic) bond motifs is 3. The van der Waals surface area contributed by atoms with Gasteiger partial charge in [0.05, 0.1) is 5.92 Å². The molecular formula is C28H36N2O5. The molecule has 3 unspecified atom stereocenters. The number of carboxylic acid groups (broad SMARTS) is 1. The molecule has 2 aromatic rings. The number of alkyl carbamates (subject to hydrolysis) is 1. The average molecular weight is 481 g/mol. The van der Waals surface area contributed by atoms with E-state index in [0.717, 1.165) is 22.3 Å². The fraction of sp³-hybridized carbons (Fsp3) is 0.464. The van der Waals surface area contributed by atoms with E-state index in [1.54, 1.807) is 6.92 Å². The lowest BCUT2D eigenvalue weighted by Gasteiger charge is -2.28. The van der Waals surface area contributed by atoms with Gasteiger partial charge in [0.1, 0.15) is 6.61 Å². The molecule has 188 valence electrons. The van der Waals surface area contributed by atoms with Crippen molar-refractivity contribution in [3.8, 4) is 11.1 Å². The fourth-order valence-corrected chi connectivity index (χ4v) is 4.99. The van der Waals surface area contributed by atoms with Crippen LogP contribution in [-0.4, -0.2) is 42.3 Å². The maximum absolute atomic E-state index is 12.9. The van der Waals surface area contributed by atoms with E-state index in [9.17, 15) is 14.4 Å². The largest absolute Gasteiger partial charge is 0.481 e. The van der Waals surface area contributed by atoms with Gasteiger partial charge in [-0.1, -0.05) is 75.7 Å². The lowest BCUT2D eigenvalue weighted by atomic mass is 9.88. The molecule has 0 fully saturated rings. The van der Waals surface area contributed by atoms with Crippen molar-refractivity contribution in [2.24, 2.45) is 17.8 Å². The van der Waals surface area contributed by atoms with Gasteiger partial charge in [0.25, 0.3) is 0 Å². The number of rotatable bonds is 11. The lowest BCUT2D eigenvalue weighted by Crippen LogP contribution is -2.48. The number of carbonyl (C=O) groups excluding carboxylic acids is 2. The molecule has 7 nitrogen and oxygen atoms in total. The molecule has 7 heteroatoms. The molecule has 3 rings (SSSR count). The quantitative estimate of drug-likeness (QED) is 0.428. The molecular weight excluding hydrogens is 444 g/mol. The lowest BCUT2D eigenvalue weighted by molar-refractivity contribution is -0.138. The first kappa shape index (κ1) is 26.3. The molecule has 3 N–H and O–H groups in total. The number of hydrogen-bond donors (Lipinski definition) is 3. The summed E-state index contributed by atoms with van der Waals surface area (Å²) < 4.78 is 5.63. The molecule has 0 radical (unpaired) electrons. The molecule has 2 aromatic carbocycles. The van der Waals surface area contributed by atoms with Gasteiger partial charge in [0.2, 0.25) is 5.91 Å². The number of aliphatic carboxylic acids is 1. The molecule has 1 aliphatic carbocycles. The molecule has 0 heterocycles. The number of benzene rings is 2. The number of amides is 2. The molecule has 35 heavy (non-hydrogen) atoms. The summed E-state index contributed by atoms with van der Waals surface area (Å²) in [6.07, 6.45) is 0.110. The molecule has 0 saturated heterocycles. The monoisotopic (exact) mass is 480 g/mol. The van der Waals surface area contributed by atoms with Crippen molar-refractivity contribution in [3.63, 3.8) is 0 Å². The third kappa shape index (κ3) is 6.41. The van der Waals surface area contributed by atoms with E-state index < -0.39 is 24.0 Å². The first-order valence-electron chi connectivity index (χ1n) is 12.3. The Labute approximate surface area is 207 Å². The van der Waals surface area contributed by atoms with Crippen LogP contribution in [0.1, 0.15) is 57.6 Å². The molecule has 2 amide bonds. The van der Waals surface area contributed by atoms with Crippen LogP contribution in [0.15, 0.2) is 48.5 Å². The number of ether oxygens (including phenoxy) is 1. The molecule has 1 aliphatic rings. The van der Waals surface area contributed by atoms with Crippen LogP contribution in [0.3, 0.4) is 0 Å². The van der Waals surface area contributed by atoms with Crippen LogP contribution in [0.4, 0.5) is 4.79 Å². The molecule has 0 aliphatic heterocycles. The van der Waals surface area contributed by atoms with Crippen LogP contribution in [-0.2, 0) is 14.3 Å². The van der Waals surface area contributed by atoms with Crippen LogP contribution in [0.5, 0.6) is 0 Å². The van der Waals surface area contributed by atoms with E-state index in [4.69, 9.17) is 9.84 Å². The van der Waals surface area contributed by atoms with E-state index >= 15 is 0 Å². The van der Waals surface area contributed by atoms with Crippen LogP contribution in [0.2, 0.25) is 0 Å². The molecule has 0 aromatic heterocycles. The highest BCUT2D eigenvalue weighted by molar-refractivity contribution is 5.81. The van der Waals surface area contributed by atoms with Crippen molar-refractivity contribution >= 4 is 18.0 Å². The second-order valence-corrected chi connectivity index (χ2v) is 9.65. The average Bonchev–Trinajstić information content (AvgIpc) is 3.13. The highest BCUT2D eigenvalue weighted by Gasteiger charge is 2.32. The van der Waals surface area contributed by atoms with Crippen molar-refractivity contribution in [2.75, 3.05) is 13.2 Å². The maximum Gasteiger partial charge on any atom is 0.407 e. The van der Waals surface area contributed by atoms with Crippen LogP contribution in [0, 0.1) is 17.8 Å². The molecule has 0 saturated carbocycles. The first-order chi connectivity index (χ1) is 16.7. The number of nitrogens with one attached hydrogen (secondary N) is 2. The Morgan fingerprint density at radius 3 is 2.06 bits per heavy atom. The van der Waals surface area contributed by atoms with Gasteiger partial charge >= 0.3 is 12.1 Å². The summed E-state index contributed by atoms with van der Waals surface area (Å²) >= 11 is 0. The number of hydrogen-bond acceptors (Lipinski definition) is 4. The highest BCUT2D eigenvalue weighted by atomic mass is 16.5. The minimum atomic E-state index is -0.878. The van der Waals surface area contributed by atoms with E-state index in [1.165, 1.54) is 0 Å². The normalized spacial score (nSPS) is 15.0. The van der Waals surface area contributed by atoms with Crippen LogP contribution >= 0.6 is 0 Å². The molecule has 3 atom stereocenters.